The minimum absolute atomic E-state index is 0.103. The third kappa shape index (κ3) is 7.81. The fraction of sp³-hybridized carbons (Fsp3) is 0.500. The normalized spacial score (nSPS) is 13.0. The standard InChI is InChI=1S/C12H17O4P.C2H6/c1-2-17(15,9-8-12(13)14)16-10-11-6-4-3-5-7-11;1-2/h3-7H,2,8-10H2,1H3,(H,13,14);1-2H3. The molecule has 5 heteroatoms. The average molecular weight is 286 g/mol. The summed E-state index contributed by atoms with van der Waals surface area (Å²) in [6.45, 7) is 6.03. The summed E-state index contributed by atoms with van der Waals surface area (Å²) in [5.41, 5.74) is 0.941. The van der Waals surface area contributed by atoms with Gasteiger partial charge in [-0.05, 0) is 5.56 Å². The van der Waals surface area contributed by atoms with Crippen molar-refractivity contribution in [1.82, 2.24) is 0 Å². The smallest absolute Gasteiger partial charge is 0.303 e. The molecule has 0 aliphatic carbocycles. The van der Waals surface area contributed by atoms with Gasteiger partial charge in [0.05, 0.1) is 13.0 Å². The molecule has 19 heavy (non-hydrogen) atoms. The Balaban J connectivity index is 0.00000154. The number of rotatable bonds is 7. The molecule has 0 aliphatic heterocycles. The summed E-state index contributed by atoms with van der Waals surface area (Å²) in [5.74, 6) is -0.943. The van der Waals surface area contributed by atoms with Crippen molar-refractivity contribution in [3.63, 3.8) is 0 Å². The second-order valence-corrected chi connectivity index (χ2v) is 6.72. The fourth-order valence-electron chi connectivity index (χ4n) is 1.35. The Bertz CT molecular complexity index is 403. The Labute approximate surface area is 115 Å². The summed E-state index contributed by atoms with van der Waals surface area (Å²) in [6, 6.07) is 9.43. The van der Waals surface area contributed by atoms with Gasteiger partial charge < -0.3 is 9.63 Å². The van der Waals surface area contributed by atoms with E-state index < -0.39 is 13.3 Å². The minimum Gasteiger partial charge on any atom is -0.481 e. The predicted molar refractivity (Wildman–Crippen MR) is 77.8 cm³/mol. The van der Waals surface area contributed by atoms with Crippen LogP contribution in [0.15, 0.2) is 30.3 Å². The zero-order valence-corrected chi connectivity index (χ0v) is 12.7. The number of hydrogen-bond acceptors (Lipinski definition) is 3. The highest BCUT2D eigenvalue weighted by molar-refractivity contribution is 7.58. The lowest BCUT2D eigenvalue weighted by atomic mass is 10.2. The number of carboxylic acids is 1. The van der Waals surface area contributed by atoms with Gasteiger partial charge in [-0.25, -0.2) is 0 Å². The molecule has 0 aromatic heterocycles. The third-order valence-electron chi connectivity index (χ3n) is 2.46. The van der Waals surface area contributed by atoms with Gasteiger partial charge in [-0.3, -0.25) is 9.36 Å². The zero-order chi connectivity index (χ0) is 14.7. The predicted octanol–water partition coefficient (Wildman–Crippen LogP) is 4.00. The van der Waals surface area contributed by atoms with E-state index in [-0.39, 0.29) is 19.2 Å². The second-order valence-electron chi connectivity index (χ2n) is 3.76. The van der Waals surface area contributed by atoms with Gasteiger partial charge >= 0.3 is 5.97 Å². The molecule has 0 amide bonds. The van der Waals surface area contributed by atoms with E-state index in [9.17, 15) is 9.36 Å². The van der Waals surface area contributed by atoms with Crippen LogP contribution >= 0.6 is 7.37 Å². The Morgan fingerprint density at radius 2 is 1.84 bits per heavy atom. The molecule has 0 bridgehead atoms. The van der Waals surface area contributed by atoms with Crippen molar-refractivity contribution in [2.24, 2.45) is 0 Å². The maximum Gasteiger partial charge on any atom is 0.303 e. The number of aliphatic carboxylic acids is 1. The van der Waals surface area contributed by atoms with Gasteiger partial charge in [0, 0.05) is 12.3 Å². The first-order valence-electron chi connectivity index (χ1n) is 6.54. The lowest BCUT2D eigenvalue weighted by Crippen LogP contribution is -2.04. The van der Waals surface area contributed by atoms with E-state index in [1.807, 2.05) is 44.2 Å². The van der Waals surface area contributed by atoms with Gasteiger partial charge in [0.1, 0.15) is 0 Å². The van der Waals surface area contributed by atoms with Crippen LogP contribution in [0.2, 0.25) is 0 Å². The van der Waals surface area contributed by atoms with E-state index in [4.69, 9.17) is 9.63 Å². The van der Waals surface area contributed by atoms with Crippen LogP contribution in [0.4, 0.5) is 0 Å². The Kier molecular flexibility index (Phi) is 9.19. The van der Waals surface area contributed by atoms with Gasteiger partial charge in [0.2, 0.25) is 7.37 Å². The van der Waals surface area contributed by atoms with Gasteiger partial charge in [0.25, 0.3) is 0 Å². The first-order chi connectivity index (χ1) is 9.06. The van der Waals surface area contributed by atoms with E-state index in [0.29, 0.717) is 6.16 Å². The molecular weight excluding hydrogens is 263 g/mol. The van der Waals surface area contributed by atoms with Crippen LogP contribution in [-0.4, -0.2) is 23.4 Å². The topological polar surface area (TPSA) is 63.6 Å². The summed E-state index contributed by atoms with van der Waals surface area (Å²) in [7, 11) is -2.80. The van der Waals surface area contributed by atoms with Crippen molar-refractivity contribution in [2.45, 2.75) is 33.8 Å². The first-order valence-corrected chi connectivity index (χ1v) is 8.53. The van der Waals surface area contributed by atoms with Crippen LogP contribution in [0.25, 0.3) is 0 Å². The fourth-order valence-corrected chi connectivity index (χ4v) is 2.89. The van der Waals surface area contributed by atoms with Crippen LogP contribution in [0.3, 0.4) is 0 Å². The van der Waals surface area contributed by atoms with E-state index >= 15 is 0 Å². The highest BCUT2D eigenvalue weighted by Gasteiger charge is 2.21. The maximum absolute atomic E-state index is 12.2. The lowest BCUT2D eigenvalue weighted by Gasteiger charge is -2.16. The summed E-state index contributed by atoms with van der Waals surface area (Å²) >= 11 is 0. The number of carboxylic acid groups (broad SMARTS) is 1. The molecule has 108 valence electrons. The molecule has 0 saturated carbocycles. The summed E-state index contributed by atoms with van der Waals surface area (Å²) in [6.07, 6.45) is 0.360. The summed E-state index contributed by atoms with van der Waals surface area (Å²) in [5, 5.41) is 8.58. The monoisotopic (exact) mass is 286 g/mol. The van der Waals surface area contributed by atoms with Crippen LogP contribution < -0.4 is 0 Å². The van der Waals surface area contributed by atoms with E-state index in [0.717, 1.165) is 5.56 Å². The van der Waals surface area contributed by atoms with E-state index in [1.165, 1.54) is 0 Å². The van der Waals surface area contributed by atoms with Crippen molar-refractivity contribution < 1.29 is 19.0 Å². The van der Waals surface area contributed by atoms with E-state index in [1.54, 1.807) is 6.92 Å². The number of hydrogen-bond donors (Lipinski definition) is 1. The molecule has 0 saturated heterocycles. The third-order valence-corrected chi connectivity index (χ3v) is 4.93. The molecule has 0 radical (unpaired) electrons. The molecule has 0 aliphatic rings. The second kappa shape index (κ2) is 9.76. The van der Waals surface area contributed by atoms with Crippen LogP contribution in [0, 0.1) is 0 Å². The molecular formula is C14H23O4P. The average Bonchev–Trinajstić information content (AvgIpc) is 2.46. The van der Waals surface area contributed by atoms with Crippen molar-refractivity contribution in [3.05, 3.63) is 35.9 Å². The number of carbonyl (C=O) groups is 1. The Hall–Kier alpha value is -1.12. The van der Waals surface area contributed by atoms with Gasteiger partial charge in [-0.2, -0.15) is 0 Å². The van der Waals surface area contributed by atoms with Crippen molar-refractivity contribution in [2.75, 3.05) is 12.3 Å². The molecule has 0 fully saturated rings. The van der Waals surface area contributed by atoms with Crippen LogP contribution in [0.5, 0.6) is 0 Å². The molecule has 4 nitrogen and oxygen atoms in total. The maximum atomic E-state index is 12.2. The number of benzene rings is 1. The van der Waals surface area contributed by atoms with Gasteiger partial charge in [-0.15, -0.1) is 0 Å². The lowest BCUT2D eigenvalue weighted by molar-refractivity contribution is -0.136. The summed E-state index contributed by atoms with van der Waals surface area (Å²) in [4.78, 5) is 10.5. The van der Waals surface area contributed by atoms with Gasteiger partial charge in [0.15, 0.2) is 0 Å². The molecule has 0 spiro atoms. The SMILES string of the molecule is CC.CCP(=O)(CCC(=O)O)OCc1ccccc1. The molecule has 1 aromatic carbocycles. The quantitative estimate of drug-likeness (QED) is 0.769. The van der Waals surface area contributed by atoms with Crippen LogP contribution in [-0.2, 0) is 20.5 Å². The van der Waals surface area contributed by atoms with Crippen molar-refractivity contribution in [3.8, 4) is 0 Å². The zero-order valence-electron chi connectivity index (χ0n) is 11.8. The van der Waals surface area contributed by atoms with Crippen molar-refractivity contribution in [1.29, 1.82) is 0 Å². The first kappa shape index (κ1) is 17.9. The highest BCUT2D eigenvalue weighted by atomic mass is 31.2. The molecule has 1 atom stereocenters. The molecule has 1 rings (SSSR count). The Morgan fingerprint density at radius 3 is 2.32 bits per heavy atom. The highest BCUT2D eigenvalue weighted by Crippen LogP contribution is 2.47. The van der Waals surface area contributed by atoms with Gasteiger partial charge in [-0.1, -0.05) is 51.1 Å². The molecule has 1 unspecified atom stereocenters. The molecule has 1 N–H and O–H groups in total. The largest absolute Gasteiger partial charge is 0.481 e. The Morgan fingerprint density at radius 1 is 1.26 bits per heavy atom. The minimum atomic E-state index is -2.80. The van der Waals surface area contributed by atoms with E-state index in [2.05, 4.69) is 0 Å². The van der Waals surface area contributed by atoms with Crippen LogP contribution in [0.1, 0.15) is 32.8 Å². The molecule has 1 aromatic rings. The van der Waals surface area contributed by atoms with Crippen molar-refractivity contribution >= 4 is 13.3 Å². The molecule has 0 heterocycles. The summed E-state index contributed by atoms with van der Waals surface area (Å²) < 4.78 is 17.6.